The van der Waals surface area contributed by atoms with Crippen molar-refractivity contribution in [1.29, 1.82) is 0 Å². The minimum Gasteiger partial charge on any atom is -0.490 e. The highest BCUT2D eigenvalue weighted by Gasteiger charge is 2.29. The zero-order valence-corrected chi connectivity index (χ0v) is 14.9. The van der Waals surface area contributed by atoms with Crippen molar-refractivity contribution in [3.8, 4) is 11.5 Å². The fourth-order valence-electron chi connectivity index (χ4n) is 2.05. The second kappa shape index (κ2) is 8.19. The van der Waals surface area contributed by atoms with E-state index in [4.69, 9.17) is 9.47 Å². The molecule has 126 valence electrons. The van der Waals surface area contributed by atoms with Gasteiger partial charge in [0.15, 0.2) is 11.5 Å². The van der Waals surface area contributed by atoms with Crippen molar-refractivity contribution in [3.05, 3.63) is 22.2 Å². The summed E-state index contributed by atoms with van der Waals surface area (Å²) < 4.78 is 11.8. The standard InChI is InChI=1S/C16H21BrN2O4/c1-3-22-13-7-11(12(17)9-14(13)23-4-2)8-15(20)18-19-16(21)10-5-6-10/h7,9-10H,3-6,8H2,1-2H3,(H,18,20)(H,19,21). The third-order valence-electron chi connectivity index (χ3n) is 3.34. The number of halogens is 1. The normalized spacial score (nSPS) is 13.3. The zero-order chi connectivity index (χ0) is 16.8. The van der Waals surface area contributed by atoms with Gasteiger partial charge >= 0.3 is 0 Å². The van der Waals surface area contributed by atoms with Gasteiger partial charge in [-0.05, 0) is 44.4 Å². The molecule has 1 aromatic carbocycles. The predicted octanol–water partition coefficient (Wildman–Crippen LogP) is 2.35. The van der Waals surface area contributed by atoms with Crippen LogP contribution in [0.25, 0.3) is 0 Å². The van der Waals surface area contributed by atoms with Crippen LogP contribution in [0.5, 0.6) is 11.5 Å². The first-order valence-electron chi connectivity index (χ1n) is 7.71. The number of carbonyl (C=O) groups is 2. The van der Waals surface area contributed by atoms with Crippen molar-refractivity contribution >= 4 is 27.7 Å². The topological polar surface area (TPSA) is 76.7 Å². The Labute approximate surface area is 144 Å². The molecular weight excluding hydrogens is 364 g/mol. The van der Waals surface area contributed by atoms with Crippen LogP contribution in [0, 0.1) is 5.92 Å². The van der Waals surface area contributed by atoms with Gasteiger partial charge in [-0.2, -0.15) is 0 Å². The Hall–Kier alpha value is -1.76. The predicted molar refractivity (Wildman–Crippen MR) is 89.2 cm³/mol. The molecule has 0 aliphatic heterocycles. The first-order chi connectivity index (χ1) is 11.0. The van der Waals surface area contributed by atoms with E-state index in [0.29, 0.717) is 24.7 Å². The second-order valence-corrected chi connectivity index (χ2v) is 6.10. The summed E-state index contributed by atoms with van der Waals surface area (Å²) in [4.78, 5) is 23.5. The maximum absolute atomic E-state index is 12.0. The van der Waals surface area contributed by atoms with Gasteiger partial charge in [-0.25, -0.2) is 0 Å². The minimum atomic E-state index is -0.286. The molecule has 7 heteroatoms. The average Bonchev–Trinajstić information content (AvgIpc) is 3.34. The van der Waals surface area contributed by atoms with E-state index < -0.39 is 0 Å². The first-order valence-corrected chi connectivity index (χ1v) is 8.51. The van der Waals surface area contributed by atoms with Crippen molar-refractivity contribution in [1.82, 2.24) is 10.9 Å². The van der Waals surface area contributed by atoms with Crippen LogP contribution < -0.4 is 20.3 Å². The van der Waals surface area contributed by atoms with Gasteiger partial charge in [-0.3, -0.25) is 20.4 Å². The summed E-state index contributed by atoms with van der Waals surface area (Å²) in [5.74, 6) is 0.872. The van der Waals surface area contributed by atoms with E-state index in [1.54, 1.807) is 12.1 Å². The molecule has 6 nitrogen and oxygen atoms in total. The van der Waals surface area contributed by atoms with Gasteiger partial charge in [-0.1, -0.05) is 15.9 Å². The fourth-order valence-corrected chi connectivity index (χ4v) is 2.51. The molecule has 1 fully saturated rings. The monoisotopic (exact) mass is 384 g/mol. The van der Waals surface area contributed by atoms with Gasteiger partial charge in [0, 0.05) is 10.4 Å². The number of carbonyl (C=O) groups excluding carboxylic acids is 2. The SMILES string of the molecule is CCOc1cc(Br)c(CC(=O)NNC(=O)C2CC2)cc1OCC. The molecular formula is C16H21BrN2O4. The van der Waals surface area contributed by atoms with E-state index in [9.17, 15) is 9.59 Å². The zero-order valence-electron chi connectivity index (χ0n) is 13.3. The van der Waals surface area contributed by atoms with Crippen molar-refractivity contribution in [2.24, 2.45) is 5.92 Å². The molecule has 2 N–H and O–H groups in total. The molecule has 0 aromatic heterocycles. The molecule has 1 saturated carbocycles. The molecule has 23 heavy (non-hydrogen) atoms. The van der Waals surface area contributed by atoms with Crippen LogP contribution in [0.2, 0.25) is 0 Å². The third-order valence-corrected chi connectivity index (χ3v) is 4.07. The molecule has 1 aliphatic carbocycles. The quantitative estimate of drug-likeness (QED) is 0.707. The highest BCUT2D eigenvalue weighted by Crippen LogP contribution is 2.34. The molecule has 0 atom stereocenters. The largest absolute Gasteiger partial charge is 0.490 e. The van der Waals surface area contributed by atoms with E-state index in [1.807, 2.05) is 13.8 Å². The van der Waals surface area contributed by atoms with Crippen molar-refractivity contribution in [3.63, 3.8) is 0 Å². The summed E-state index contributed by atoms with van der Waals surface area (Å²) in [5.41, 5.74) is 5.64. The molecule has 1 aromatic rings. The Morgan fingerprint density at radius 3 is 2.30 bits per heavy atom. The van der Waals surface area contributed by atoms with Crippen LogP contribution in [0.3, 0.4) is 0 Å². The Balaban J connectivity index is 2.01. The summed E-state index contributed by atoms with van der Waals surface area (Å²) >= 11 is 3.44. The van der Waals surface area contributed by atoms with E-state index in [2.05, 4.69) is 26.8 Å². The van der Waals surface area contributed by atoms with E-state index in [1.165, 1.54) is 0 Å². The number of ether oxygens (including phenoxy) is 2. The molecule has 0 radical (unpaired) electrons. The maximum Gasteiger partial charge on any atom is 0.242 e. The number of hydrogen-bond acceptors (Lipinski definition) is 4. The molecule has 0 unspecified atom stereocenters. The van der Waals surface area contributed by atoms with E-state index >= 15 is 0 Å². The Kier molecular flexibility index (Phi) is 6.27. The van der Waals surface area contributed by atoms with Crippen molar-refractivity contribution < 1.29 is 19.1 Å². The molecule has 2 amide bonds. The maximum atomic E-state index is 12.0. The number of rotatable bonds is 7. The van der Waals surface area contributed by atoms with Gasteiger partial charge in [0.1, 0.15) is 0 Å². The van der Waals surface area contributed by atoms with Crippen molar-refractivity contribution in [2.45, 2.75) is 33.1 Å². The van der Waals surface area contributed by atoms with Gasteiger partial charge in [0.25, 0.3) is 0 Å². The van der Waals surface area contributed by atoms with Crippen LogP contribution in [0.1, 0.15) is 32.3 Å². The summed E-state index contributed by atoms with van der Waals surface area (Å²) in [6, 6.07) is 3.57. The first kappa shape index (κ1) is 17.6. The lowest BCUT2D eigenvalue weighted by Gasteiger charge is -2.14. The van der Waals surface area contributed by atoms with Gasteiger partial charge in [-0.15, -0.1) is 0 Å². The highest BCUT2D eigenvalue weighted by molar-refractivity contribution is 9.10. The minimum absolute atomic E-state index is 0.0528. The molecule has 2 rings (SSSR count). The fraction of sp³-hybridized carbons (Fsp3) is 0.500. The van der Waals surface area contributed by atoms with Crippen LogP contribution in [0.15, 0.2) is 16.6 Å². The van der Waals surface area contributed by atoms with E-state index in [0.717, 1.165) is 22.9 Å². The average molecular weight is 385 g/mol. The molecule has 0 spiro atoms. The number of benzene rings is 1. The smallest absolute Gasteiger partial charge is 0.242 e. The number of nitrogens with one attached hydrogen (secondary N) is 2. The lowest BCUT2D eigenvalue weighted by atomic mass is 10.1. The summed E-state index contributed by atoms with van der Waals surface area (Å²) in [6.45, 7) is 4.81. The summed E-state index contributed by atoms with van der Waals surface area (Å²) in [6.07, 6.45) is 1.91. The Bertz CT molecular complexity index is 588. The van der Waals surface area contributed by atoms with Gasteiger partial charge in [0.2, 0.25) is 11.8 Å². The molecule has 0 bridgehead atoms. The van der Waals surface area contributed by atoms with Gasteiger partial charge < -0.3 is 9.47 Å². The van der Waals surface area contributed by atoms with E-state index in [-0.39, 0.29) is 24.2 Å². The number of hydrazine groups is 1. The highest BCUT2D eigenvalue weighted by atomic mass is 79.9. The molecule has 1 aliphatic rings. The number of hydrogen-bond donors (Lipinski definition) is 2. The summed E-state index contributed by atoms with van der Waals surface area (Å²) in [5, 5.41) is 0. The lowest BCUT2D eigenvalue weighted by Crippen LogP contribution is -2.43. The third kappa shape index (κ3) is 5.13. The molecule has 0 heterocycles. The second-order valence-electron chi connectivity index (χ2n) is 5.24. The summed E-state index contributed by atoms with van der Waals surface area (Å²) in [7, 11) is 0. The Morgan fingerprint density at radius 1 is 1.13 bits per heavy atom. The molecule has 0 saturated heterocycles. The lowest BCUT2D eigenvalue weighted by molar-refractivity contribution is -0.129. The van der Waals surface area contributed by atoms with Crippen LogP contribution in [-0.2, 0) is 16.0 Å². The number of amides is 2. The van der Waals surface area contributed by atoms with Crippen LogP contribution in [0.4, 0.5) is 0 Å². The van der Waals surface area contributed by atoms with Gasteiger partial charge in [0.05, 0.1) is 19.6 Å². The van der Waals surface area contributed by atoms with Crippen LogP contribution >= 0.6 is 15.9 Å². The van der Waals surface area contributed by atoms with Crippen LogP contribution in [-0.4, -0.2) is 25.0 Å². The Morgan fingerprint density at radius 2 is 1.74 bits per heavy atom. The van der Waals surface area contributed by atoms with Crippen molar-refractivity contribution in [2.75, 3.05) is 13.2 Å².